The van der Waals surface area contributed by atoms with Crippen LogP contribution >= 0.6 is 11.6 Å². The Kier molecular flexibility index (Phi) is 5.80. The number of rotatable bonds is 5. The highest BCUT2D eigenvalue weighted by Crippen LogP contribution is 2.38. The maximum absolute atomic E-state index is 12.9. The topological polar surface area (TPSA) is 102 Å². The number of anilines is 2. The summed E-state index contributed by atoms with van der Waals surface area (Å²) < 4.78 is 5.84. The molecule has 0 radical (unpaired) electrons. The summed E-state index contributed by atoms with van der Waals surface area (Å²) >= 11 is 5.90. The van der Waals surface area contributed by atoms with Gasteiger partial charge in [-0.15, -0.1) is 6.58 Å². The minimum absolute atomic E-state index is 0.104. The Hall–Kier alpha value is -3.39. The molecule has 1 N–H and O–H groups in total. The van der Waals surface area contributed by atoms with E-state index in [1.54, 1.807) is 43.0 Å². The van der Waals surface area contributed by atoms with Gasteiger partial charge in [0.2, 0.25) is 5.91 Å². The molecule has 2 aromatic rings. The molecule has 0 spiro atoms. The molecule has 0 saturated heterocycles. The molecule has 30 heavy (non-hydrogen) atoms. The summed E-state index contributed by atoms with van der Waals surface area (Å²) in [5, 5.41) is 14.1. The van der Waals surface area contributed by atoms with Crippen LogP contribution in [0.4, 0.5) is 17.1 Å². The second-order valence-corrected chi connectivity index (χ2v) is 7.87. The Morgan fingerprint density at radius 2 is 2.10 bits per heavy atom. The molecule has 0 saturated carbocycles. The van der Waals surface area contributed by atoms with Crippen molar-refractivity contribution in [2.45, 2.75) is 13.8 Å². The number of nitro groups is 1. The van der Waals surface area contributed by atoms with Gasteiger partial charge < -0.3 is 15.0 Å². The standard InChI is InChI=1S/C21H20ClN3O5/c1-4-9-24-17-8-6-14(11-18(17)30-12-21(2,3)20(24)27)23-19(26)15-10-13(22)5-7-16(15)25(28)29/h4-8,10-11H,1,9,12H2,2-3H3,(H,23,26). The molecule has 2 amide bonds. The average Bonchev–Trinajstić information content (AvgIpc) is 2.78. The predicted molar refractivity (Wildman–Crippen MR) is 114 cm³/mol. The minimum atomic E-state index is -0.743. The van der Waals surface area contributed by atoms with Gasteiger partial charge in [0.1, 0.15) is 17.9 Å². The van der Waals surface area contributed by atoms with E-state index in [-0.39, 0.29) is 28.8 Å². The van der Waals surface area contributed by atoms with E-state index in [9.17, 15) is 19.7 Å². The lowest BCUT2D eigenvalue weighted by atomic mass is 9.93. The van der Waals surface area contributed by atoms with E-state index in [0.29, 0.717) is 23.7 Å². The Balaban J connectivity index is 1.94. The summed E-state index contributed by atoms with van der Waals surface area (Å²) in [4.78, 5) is 37.7. The third-order valence-corrected chi connectivity index (χ3v) is 4.87. The maximum atomic E-state index is 12.9. The lowest BCUT2D eigenvalue weighted by molar-refractivity contribution is -0.385. The van der Waals surface area contributed by atoms with Crippen LogP contribution in [-0.4, -0.2) is 29.9 Å². The monoisotopic (exact) mass is 429 g/mol. The van der Waals surface area contributed by atoms with Crippen molar-refractivity contribution in [3.63, 3.8) is 0 Å². The molecule has 8 nitrogen and oxygen atoms in total. The number of halogens is 1. The van der Waals surface area contributed by atoms with Gasteiger partial charge in [-0.25, -0.2) is 0 Å². The molecular formula is C21H20ClN3O5. The van der Waals surface area contributed by atoms with Crippen molar-refractivity contribution in [2.24, 2.45) is 5.41 Å². The van der Waals surface area contributed by atoms with Crippen molar-refractivity contribution >= 4 is 40.5 Å². The van der Waals surface area contributed by atoms with Gasteiger partial charge in [0.25, 0.3) is 11.6 Å². The van der Waals surface area contributed by atoms with Gasteiger partial charge in [0.15, 0.2) is 0 Å². The van der Waals surface area contributed by atoms with E-state index < -0.39 is 16.2 Å². The van der Waals surface area contributed by atoms with E-state index in [1.165, 1.54) is 18.2 Å². The first-order valence-corrected chi connectivity index (χ1v) is 9.47. The molecule has 156 valence electrons. The predicted octanol–water partition coefficient (Wildman–Crippen LogP) is 4.44. The van der Waals surface area contributed by atoms with Crippen LogP contribution in [0.1, 0.15) is 24.2 Å². The number of amides is 2. The van der Waals surface area contributed by atoms with Crippen LogP contribution < -0.4 is 15.0 Å². The highest BCUT2D eigenvalue weighted by atomic mass is 35.5. The van der Waals surface area contributed by atoms with Gasteiger partial charge in [-0.2, -0.15) is 0 Å². The van der Waals surface area contributed by atoms with E-state index in [1.807, 2.05) is 0 Å². The average molecular weight is 430 g/mol. The zero-order chi connectivity index (χ0) is 22.1. The molecular weight excluding hydrogens is 410 g/mol. The number of hydrogen-bond acceptors (Lipinski definition) is 5. The molecule has 0 unspecified atom stereocenters. The number of fused-ring (bicyclic) bond motifs is 1. The highest BCUT2D eigenvalue weighted by Gasteiger charge is 2.37. The Bertz CT molecular complexity index is 1050. The van der Waals surface area contributed by atoms with Crippen LogP contribution in [0, 0.1) is 15.5 Å². The van der Waals surface area contributed by atoms with Gasteiger partial charge in [-0.3, -0.25) is 19.7 Å². The molecule has 0 fully saturated rings. The van der Waals surface area contributed by atoms with E-state index >= 15 is 0 Å². The Labute approximate surface area is 178 Å². The quantitative estimate of drug-likeness (QED) is 0.430. The van der Waals surface area contributed by atoms with Gasteiger partial charge in [0, 0.05) is 29.4 Å². The molecule has 2 aromatic carbocycles. The van der Waals surface area contributed by atoms with E-state index in [4.69, 9.17) is 16.3 Å². The summed E-state index contributed by atoms with van der Waals surface area (Å²) in [5.74, 6) is -0.376. The largest absolute Gasteiger partial charge is 0.490 e. The molecule has 0 aromatic heterocycles. The van der Waals surface area contributed by atoms with E-state index in [2.05, 4.69) is 11.9 Å². The van der Waals surface area contributed by atoms with Crippen molar-refractivity contribution in [2.75, 3.05) is 23.4 Å². The first-order valence-electron chi connectivity index (χ1n) is 9.09. The van der Waals surface area contributed by atoms with E-state index in [0.717, 1.165) is 0 Å². The number of nitro benzene ring substituents is 1. The molecule has 0 aliphatic carbocycles. The smallest absolute Gasteiger partial charge is 0.282 e. The first-order chi connectivity index (χ1) is 14.1. The normalized spacial score (nSPS) is 14.9. The number of carbonyl (C=O) groups is 2. The van der Waals surface area contributed by atoms with Crippen LogP contribution in [0.25, 0.3) is 0 Å². The molecule has 1 aliphatic heterocycles. The van der Waals surface area contributed by atoms with Gasteiger partial charge in [-0.1, -0.05) is 17.7 Å². The second-order valence-electron chi connectivity index (χ2n) is 7.43. The van der Waals surface area contributed by atoms with Crippen LogP contribution in [0.5, 0.6) is 5.75 Å². The van der Waals surface area contributed by atoms with Crippen molar-refractivity contribution < 1.29 is 19.2 Å². The lowest BCUT2D eigenvalue weighted by Crippen LogP contribution is -2.42. The van der Waals surface area contributed by atoms with Crippen molar-refractivity contribution in [1.29, 1.82) is 0 Å². The highest BCUT2D eigenvalue weighted by molar-refractivity contribution is 6.31. The summed E-state index contributed by atoms with van der Waals surface area (Å²) in [7, 11) is 0. The van der Waals surface area contributed by atoms with Crippen LogP contribution in [-0.2, 0) is 4.79 Å². The lowest BCUT2D eigenvalue weighted by Gasteiger charge is -2.27. The fraction of sp³-hybridized carbons (Fsp3) is 0.238. The van der Waals surface area contributed by atoms with Gasteiger partial charge in [-0.05, 0) is 38.1 Å². The molecule has 1 aliphatic rings. The number of ether oxygens (including phenoxy) is 1. The fourth-order valence-electron chi connectivity index (χ4n) is 3.08. The van der Waals surface area contributed by atoms with Gasteiger partial charge >= 0.3 is 0 Å². The maximum Gasteiger partial charge on any atom is 0.282 e. The fourth-order valence-corrected chi connectivity index (χ4v) is 3.26. The second kappa shape index (κ2) is 8.16. The molecule has 0 atom stereocenters. The van der Waals surface area contributed by atoms with Crippen LogP contribution in [0.3, 0.4) is 0 Å². The summed E-state index contributed by atoms with van der Waals surface area (Å²) in [6.07, 6.45) is 1.62. The number of benzene rings is 2. The molecule has 9 heteroatoms. The SMILES string of the molecule is C=CCN1C(=O)C(C)(C)COc2cc(NC(=O)c3cc(Cl)ccc3[N+](=O)[O-])ccc21. The third-order valence-electron chi connectivity index (χ3n) is 4.63. The summed E-state index contributed by atoms with van der Waals surface area (Å²) in [6.45, 7) is 7.74. The Morgan fingerprint density at radius 3 is 2.77 bits per heavy atom. The van der Waals surface area contributed by atoms with Gasteiger partial charge in [0.05, 0.1) is 16.0 Å². The number of nitrogens with one attached hydrogen (secondary N) is 1. The minimum Gasteiger partial charge on any atom is -0.490 e. The zero-order valence-electron chi connectivity index (χ0n) is 16.5. The molecule has 0 bridgehead atoms. The van der Waals surface area contributed by atoms with Crippen LogP contribution in [0.15, 0.2) is 49.1 Å². The van der Waals surface area contributed by atoms with Crippen molar-refractivity contribution in [1.82, 2.24) is 0 Å². The van der Waals surface area contributed by atoms with Crippen LogP contribution in [0.2, 0.25) is 5.02 Å². The third kappa shape index (κ3) is 4.13. The van der Waals surface area contributed by atoms with Crippen molar-refractivity contribution in [3.05, 3.63) is 69.8 Å². The van der Waals surface area contributed by atoms with Crippen molar-refractivity contribution in [3.8, 4) is 5.75 Å². The summed E-state index contributed by atoms with van der Waals surface area (Å²) in [6, 6.07) is 8.59. The molecule has 1 heterocycles. The number of carbonyl (C=O) groups excluding carboxylic acids is 2. The number of nitrogens with zero attached hydrogens (tertiary/aromatic N) is 2. The summed E-state index contributed by atoms with van der Waals surface area (Å²) in [5.41, 5.74) is -0.344. The Morgan fingerprint density at radius 1 is 1.37 bits per heavy atom. The first kappa shape index (κ1) is 21.3. The zero-order valence-corrected chi connectivity index (χ0v) is 17.2. The number of hydrogen-bond donors (Lipinski definition) is 1. The molecule has 3 rings (SSSR count).